The summed E-state index contributed by atoms with van der Waals surface area (Å²) in [5, 5.41) is 13.9. The monoisotopic (exact) mass is 212 g/mol. The predicted octanol–water partition coefficient (Wildman–Crippen LogP) is 1.40. The molecule has 0 aliphatic rings. The Morgan fingerprint density at radius 2 is 2.27 bits per heavy atom. The Hall–Kier alpha value is -0.870. The van der Waals surface area contributed by atoms with Gasteiger partial charge in [0.15, 0.2) is 0 Å². The van der Waals surface area contributed by atoms with Gasteiger partial charge in [-0.1, -0.05) is 0 Å². The van der Waals surface area contributed by atoms with E-state index >= 15 is 0 Å². The third-order valence-corrected chi connectivity index (χ3v) is 2.29. The minimum absolute atomic E-state index is 0.390. The standard InChI is InChI=1S/C11H20N2O2/c1-9(2)13-7-6-10(12-13)4-5-11(14)8-15-3/h6-7,9,11,14H,4-5,8H2,1-3H3. The SMILES string of the molecule is COCC(O)CCc1ccn(C(C)C)n1. The lowest BCUT2D eigenvalue weighted by Crippen LogP contribution is -2.15. The second kappa shape index (κ2) is 5.88. The second-order valence-electron chi connectivity index (χ2n) is 4.03. The van der Waals surface area contributed by atoms with E-state index in [9.17, 15) is 5.11 Å². The van der Waals surface area contributed by atoms with E-state index in [2.05, 4.69) is 18.9 Å². The van der Waals surface area contributed by atoms with Crippen molar-refractivity contribution in [1.29, 1.82) is 0 Å². The van der Waals surface area contributed by atoms with Crippen molar-refractivity contribution in [3.05, 3.63) is 18.0 Å². The van der Waals surface area contributed by atoms with E-state index < -0.39 is 0 Å². The highest BCUT2D eigenvalue weighted by Crippen LogP contribution is 2.07. The third-order valence-electron chi connectivity index (χ3n) is 2.29. The number of rotatable bonds is 6. The molecule has 0 aliphatic heterocycles. The highest BCUT2D eigenvalue weighted by molar-refractivity contribution is 4.99. The maximum absolute atomic E-state index is 9.47. The minimum Gasteiger partial charge on any atom is -0.391 e. The van der Waals surface area contributed by atoms with Gasteiger partial charge in [0.2, 0.25) is 0 Å². The molecule has 1 heterocycles. The zero-order chi connectivity index (χ0) is 11.3. The average Bonchev–Trinajstić information content (AvgIpc) is 2.63. The number of nitrogens with zero attached hydrogens (tertiary/aromatic N) is 2. The van der Waals surface area contributed by atoms with E-state index in [1.165, 1.54) is 0 Å². The summed E-state index contributed by atoms with van der Waals surface area (Å²) in [4.78, 5) is 0. The van der Waals surface area contributed by atoms with Crippen LogP contribution in [0.15, 0.2) is 12.3 Å². The summed E-state index contributed by atoms with van der Waals surface area (Å²) >= 11 is 0. The van der Waals surface area contributed by atoms with Crippen LogP contribution in [0.25, 0.3) is 0 Å². The molecule has 15 heavy (non-hydrogen) atoms. The van der Waals surface area contributed by atoms with E-state index in [4.69, 9.17) is 4.74 Å². The fraction of sp³-hybridized carbons (Fsp3) is 0.727. The number of aliphatic hydroxyl groups excluding tert-OH is 1. The van der Waals surface area contributed by atoms with Crippen LogP contribution in [0.2, 0.25) is 0 Å². The quantitative estimate of drug-likeness (QED) is 0.775. The molecule has 1 unspecified atom stereocenters. The molecule has 1 aromatic heterocycles. The summed E-state index contributed by atoms with van der Waals surface area (Å²) in [7, 11) is 1.59. The van der Waals surface area contributed by atoms with Gasteiger partial charge in [0.25, 0.3) is 0 Å². The summed E-state index contributed by atoms with van der Waals surface area (Å²) in [6.45, 7) is 4.58. The molecule has 1 aromatic rings. The lowest BCUT2D eigenvalue weighted by Gasteiger charge is -2.07. The Balaban J connectivity index is 2.37. The molecule has 1 rings (SSSR count). The van der Waals surface area contributed by atoms with E-state index in [1.54, 1.807) is 7.11 Å². The molecule has 86 valence electrons. The molecule has 4 heteroatoms. The first-order valence-corrected chi connectivity index (χ1v) is 5.34. The molecule has 0 amide bonds. The van der Waals surface area contributed by atoms with Crippen molar-refractivity contribution in [1.82, 2.24) is 9.78 Å². The first-order valence-electron chi connectivity index (χ1n) is 5.34. The maximum atomic E-state index is 9.47. The molecule has 0 saturated heterocycles. The summed E-state index contributed by atoms with van der Waals surface area (Å²) in [5.74, 6) is 0. The van der Waals surface area contributed by atoms with Crippen molar-refractivity contribution in [3.63, 3.8) is 0 Å². The van der Waals surface area contributed by atoms with Crippen LogP contribution >= 0.6 is 0 Å². The molecule has 0 spiro atoms. The van der Waals surface area contributed by atoms with Crippen LogP contribution in [0, 0.1) is 0 Å². The van der Waals surface area contributed by atoms with Crippen molar-refractivity contribution in [2.45, 2.75) is 38.8 Å². The molecular formula is C11H20N2O2. The smallest absolute Gasteiger partial charge is 0.0777 e. The second-order valence-corrected chi connectivity index (χ2v) is 4.03. The van der Waals surface area contributed by atoms with Crippen LogP contribution in [0.3, 0.4) is 0 Å². The number of hydrogen-bond acceptors (Lipinski definition) is 3. The Morgan fingerprint density at radius 3 is 2.80 bits per heavy atom. The van der Waals surface area contributed by atoms with Gasteiger partial charge in [0.05, 0.1) is 18.4 Å². The number of aryl methyl sites for hydroxylation is 1. The lowest BCUT2D eigenvalue weighted by molar-refractivity contribution is 0.0593. The topological polar surface area (TPSA) is 47.3 Å². The van der Waals surface area contributed by atoms with E-state index in [1.807, 2.05) is 16.9 Å². The number of aromatic nitrogens is 2. The van der Waals surface area contributed by atoms with Gasteiger partial charge in [0.1, 0.15) is 0 Å². The van der Waals surface area contributed by atoms with Crippen LogP contribution in [-0.2, 0) is 11.2 Å². The summed E-state index contributed by atoms with van der Waals surface area (Å²) in [5.41, 5.74) is 1.03. The Labute approximate surface area is 90.9 Å². The Morgan fingerprint density at radius 1 is 1.53 bits per heavy atom. The van der Waals surface area contributed by atoms with Crippen LogP contribution in [-0.4, -0.2) is 34.7 Å². The third kappa shape index (κ3) is 4.01. The van der Waals surface area contributed by atoms with Crippen LogP contribution < -0.4 is 0 Å². The molecule has 0 aromatic carbocycles. The Bertz CT molecular complexity index is 284. The molecule has 0 fully saturated rings. The highest BCUT2D eigenvalue weighted by Gasteiger charge is 2.06. The van der Waals surface area contributed by atoms with Crippen LogP contribution in [0.1, 0.15) is 32.0 Å². The number of methoxy groups -OCH3 is 1. The molecule has 1 N–H and O–H groups in total. The van der Waals surface area contributed by atoms with Crippen molar-refractivity contribution >= 4 is 0 Å². The van der Waals surface area contributed by atoms with Gasteiger partial charge in [-0.05, 0) is 32.8 Å². The highest BCUT2D eigenvalue weighted by atomic mass is 16.5. The van der Waals surface area contributed by atoms with Gasteiger partial charge in [0, 0.05) is 19.3 Å². The summed E-state index contributed by atoms with van der Waals surface area (Å²) in [6.07, 6.45) is 3.08. The van der Waals surface area contributed by atoms with Gasteiger partial charge in [-0.2, -0.15) is 5.10 Å². The normalized spacial score (nSPS) is 13.4. The molecule has 4 nitrogen and oxygen atoms in total. The predicted molar refractivity (Wildman–Crippen MR) is 58.8 cm³/mol. The molecule has 0 saturated carbocycles. The fourth-order valence-electron chi connectivity index (χ4n) is 1.39. The van der Waals surface area contributed by atoms with Crippen molar-refractivity contribution < 1.29 is 9.84 Å². The van der Waals surface area contributed by atoms with Crippen LogP contribution in [0.4, 0.5) is 0 Å². The molecule has 1 atom stereocenters. The van der Waals surface area contributed by atoms with Gasteiger partial charge in [-0.25, -0.2) is 0 Å². The van der Waals surface area contributed by atoms with E-state index in [0.717, 1.165) is 12.1 Å². The molecule has 0 bridgehead atoms. The van der Waals surface area contributed by atoms with Gasteiger partial charge in [-0.3, -0.25) is 4.68 Å². The average molecular weight is 212 g/mol. The van der Waals surface area contributed by atoms with Crippen molar-refractivity contribution in [2.75, 3.05) is 13.7 Å². The number of hydrogen-bond donors (Lipinski definition) is 1. The first kappa shape index (κ1) is 12.2. The van der Waals surface area contributed by atoms with Crippen molar-refractivity contribution in [2.24, 2.45) is 0 Å². The molecule has 0 radical (unpaired) electrons. The van der Waals surface area contributed by atoms with E-state index in [-0.39, 0.29) is 6.10 Å². The fourth-order valence-corrected chi connectivity index (χ4v) is 1.39. The van der Waals surface area contributed by atoms with Gasteiger partial charge in [-0.15, -0.1) is 0 Å². The Kier molecular flexibility index (Phi) is 4.78. The van der Waals surface area contributed by atoms with Gasteiger partial charge >= 0.3 is 0 Å². The van der Waals surface area contributed by atoms with Gasteiger partial charge < -0.3 is 9.84 Å². The number of aliphatic hydroxyl groups is 1. The minimum atomic E-state index is -0.390. The number of ether oxygens (including phenoxy) is 1. The summed E-state index contributed by atoms with van der Waals surface area (Å²) < 4.78 is 6.79. The maximum Gasteiger partial charge on any atom is 0.0777 e. The first-order chi connectivity index (χ1) is 7.13. The van der Waals surface area contributed by atoms with E-state index in [0.29, 0.717) is 19.1 Å². The lowest BCUT2D eigenvalue weighted by atomic mass is 10.2. The summed E-state index contributed by atoms with van der Waals surface area (Å²) in [6, 6.07) is 2.39. The zero-order valence-electron chi connectivity index (χ0n) is 9.68. The largest absolute Gasteiger partial charge is 0.391 e. The van der Waals surface area contributed by atoms with Crippen LogP contribution in [0.5, 0.6) is 0 Å². The molecular weight excluding hydrogens is 192 g/mol. The van der Waals surface area contributed by atoms with Crippen molar-refractivity contribution in [3.8, 4) is 0 Å². The zero-order valence-corrected chi connectivity index (χ0v) is 9.68. The molecule has 0 aliphatic carbocycles.